The fraction of sp³-hybridized carbons (Fsp3) is 0.304. The van der Waals surface area contributed by atoms with Gasteiger partial charge in [0.25, 0.3) is 0 Å². The van der Waals surface area contributed by atoms with Gasteiger partial charge in [-0.3, -0.25) is 14.7 Å². The molecule has 4 rings (SSSR count). The molecule has 5 nitrogen and oxygen atoms in total. The second-order valence-corrected chi connectivity index (χ2v) is 7.21. The average molecular weight is 376 g/mol. The summed E-state index contributed by atoms with van der Waals surface area (Å²) in [5.74, 6) is 0.0154. The maximum Gasteiger partial charge on any atom is 0.320 e. The summed E-state index contributed by atoms with van der Waals surface area (Å²) in [7, 11) is 1.66. The zero-order valence-corrected chi connectivity index (χ0v) is 15.9. The van der Waals surface area contributed by atoms with Crippen LogP contribution in [-0.4, -0.2) is 40.7 Å². The lowest BCUT2D eigenvalue weighted by Gasteiger charge is -2.40. The molecule has 1 saturated heterocycles. The zero-order valence-electron chi connectivity index (χ0n) is 15.9. The third kappa shape index (κ3) is 3.45. The largest absolute Gasteiger partial charge is 0.496 e. The van der Waals surface area contributed by atoms with Crippen molar-refractivity contribution >= 4 is 16.7 Å². The van der Waals surface area contributed by atoms with Crippen molar-refractivity contribution in [1.29, 1.82) is 0 Å². The maximum absolute atomic E-state index is 12.0. The molecule has 2 atom stereocenters. The second-order valence-electron chi connectivity index (χ2n) is 7.21. The summed E-state index contributed by atoms with van der Waals surface area (Å²) in [6.07, 6.45) is 6.23. The molecule has 0 bridgehead atoms. The number of methoxy groups -OCH3 is 1. The van der Waals surface area contributed by atoms with Crippen LogP contribution in [0.15, 0.2) is 60.9 Å². The van der Waals surface area contributed by atoms with Crippen molar-refractivity contribution in [1.82, 2.24) is 9.88 Å². The minimum atomic E-state index is -0.760. The number of ether oxygens (including phenoxy) is 1. The summed E-state index contributed by atoms with van der Waals surface area (Å²) < 4.78 is 5.64. The van der Waals surface area contributed by atoms with Gasteiger partial charge in [0, 0.05) is 23.3 Å². The van der Waals surface area contributed by atoms with Crippen LogP contribution in [0.4, 0.5) is 0 Å². The van der Waals surface area contributed by atoms with Crippen LogP contribution in [0.2, 0.25) is 0 Å². The van der Waals surface area contributed by atoms with E-state index in [0.29, 0.717) is 6.42 Å². The number of aliphatic carboxylic acids is 1. The lowest BCUT2D eigenvalue weighted by Crippen LogP contribution is -2.46. The van der Waals surface area contributed by atoms with Crippen LogP contribution in [-0.2, 0) is 4.79 Å². The van der Waals surface area contributed by atoms with E-state index >= 15 is 0 Å². The van der Waals surface area contributed by atoms with Crippen molar-refractivity contribution in [2.75, 3.05) is 13.7 Å². The number of nitrogens with zero attached hydrogens (tertiary/aromatic N) is 2. The number of carboxylic acid groups (broad SMARTS) is 1. The van der Waals surface area contributed by atoms with Crippen LogP contribution in [0.5, 0.6) is 5.75 Å². The standard InChI is InChI=1S/C23H24N2O3/c1-28-21-8-3-2-6-19(21)22(25-13-5-4-7-20(25)23(26)27)17-9-10-18-15-24-12-11-16(18)14-17/h2-3,6,8-12,14-15,20,22H,4-5,7,13H2,1H3,(H,26,27). The Labute approximate surface area is 164 Å². The number of likely N-dealkylation sites (tertiary alicyclic amines) is 1. The first-order valence-corrected chi connectivity index (χ1v) is 9.64. The Morgan fingerprint density at radius 1 is 1.18 bits per heavy atom. The maximum atomic E-state index is 12.0. The fourth-order valence-corrected chi connectivity index (χ4v) is 4.24. The van der Waals surface area contributed by atoms with Gasteiger partial charge in [-0.1, -0.05) is 36.8 Å². The topological polar surface area (TPSA) is 62.7 Å². The first-order valence-electron chi connectivity index (χ1n) is 9.64. The van der Waals surface area contributed by atoms with Crippen LogP contribution in [0.25, 0.3) is 10.8 Å². The molecule has 1 fully saturated rings. The predicted octanol–water partition coefficient (Wildman–Crippen LogP) is 4.27. The number of para-hydroxylation sites is 1. The first-order chi connectivity index (χ1) is 13.7. The molecule has 3 aromatic rings. The van der Waals surface area contributed by atoms with Gasteiger partial charge in [0.05, 0.1) is 13.2 Å². The van der Waals surface area contributed by atoms with E-state index in [0.717, 1.165) is 47.0 Å². The van der Waals surface area contributed by atoms with Crippen LogP contribution in [0, 0.1) is 0 Å². The number of aromatic nitrogens is 1. The Morgan fingerprint density at radius 2 is 2.04 bits per heavy atom. The number of fused-ring (bicyclic) bond motifs is 1. The molecule has 2 unspecified atom stereocenters. The van der Waals surface area contributed by atoms with Gasteiger partial charge in [-0.25, -0.2) is 0 Å². The highest BCUT2D eigenvalue weighted by Gasteiger charge is 2.36. The number of carboxylic acids is 1. The molecule has 28 heavy (non-hydrogen) atoms. The minimum Gasteiger partial charge on any atom is -0.496 e. The quantitative estimate of drug-likeness (QED) is 0.720. The molecule has 0 aliphatic carbocycles. The highest BCUT2D eigenvalue weighted by atomic mass is 16.5. The van der Waals surface area contributed by atoms with Crippen molar-refractivity contribution in [3.05, 3.63) is 72.1 Å². The minimum absolute atomic E-state index is 0.185. The van der Waals surface area contributed by atoms with E-state index < -0.39 is 12.0 Å². The number of carbonyl (C=O) groups is 1. The number of piperidine rings is 1. The summed E-state index contributed by atoms with van der Waals surface area (Å²) in [5.41, 5.74) is 2.06. The molecular weight excluding hydrogens is 352 g/mol. The SMILES string of the molecule is COc1ccccc1C(c1ccc2cnccc2c1)N1CCCCC1C(=O)O. The second kappa shape index (κ2) is 7.98. The molecule has 0 amide bonds. The lowest BCUT2D eigenvalue weighted by atomic mass is 9.90. The van der Waals surface area contributed by atoms with Gasteiger partial charge in [0.15, 0.2) is 0 Å². The zero-order chi connectivity index (χ0) is 19.5. The highest BCUT2D eigenvalue weighted by molar-refractivity contribution is 5.82. The van der Waals surface area contributed by atoms with Crippen LogP contribution in [0.1, 0.15) is 36.4 Å². The van der Waals surface area contributed by atoms with Crippen molar-refractivity contribution in [3.8, 4) is 5.75 Å². The van der Waals surface area contributed by atoms with E-state index in [1.807, 2.05) is 36.5 Å². The van der Waals surface area contributed by atoms with E-state index in [1.54, 1.807) is 13.3 Å². The van der Waals surface area contributed by atoms with E-state index in [1.165, 1.54) is 0 Å². The summed E-state index contributed by atoms with van der Waals surface area (Å²) >= 11 is 0. The molecule has 0 radical (unpaired) electrons. The van der Waals surface area contributed by atoms with Crippen LogP contribution >= 0.6 is 0 Å². The molecular formula is C23H24N2O3. The van der Waals surface area contributed by atoms with Gasteiger partial charge < -0.3 is 9.84 Å². The first kappa shape index (κ1) is 18.4. The third-order valence-electron chi connectivity index (χ3n) is 5.57. The van der Waals surface area contributed by atoms with Crippen LogP contribution in [0.3, 0.4) is 0 Å². The van der Waals surface area contributed by atoms with E-state index in [-0.39, 0.29) is 6.04 Å². The summed E-state index contributed by atoms with van der Waals surface area (Å²) in [5, 5.41) is 12.0. The van der Waals surface area contributed by atoms with Gasteiger partial charge in [-0.15, -0.1) is 0 Å². The molecule has 1 aromatic heterocycles. The Kier molecular flexibility index (Phi) is 5.26. The number of pyridine rings is 1. The number of benzene rings is 2. The summed E-state index contributed by atoms with van der Waals surface area (Å²) in [6, 6.07) is 15.5. The number of rotatable bonds is 5. The summed E-state index contributed by atoms with van der Waals surface area (Å²) in [4.78, 5) is 18.3. The van der Waals surface area contributed by atoms with E-state index in [9.17, 15) is 9.90 Å². The van der Waals surface area contributed by atoms with E-state index in [2.05, 4.69) is 28.1 Å². The molecule has 2 aromatic carbocycles. The normalized spacial score (nSPS) is 18.7. The van der Waals surface area contributed by atoms with Gasteiger partial charge in [0.2, 0.25) is 0 Å². The number of hydrogen-bond acceptors (Lipinski definition) is 4. The molecule has 0 spiro atoms. The average Bonchev–Trinajstić information content (AvgIpc) is 2.74. The Balaban J connectivity index is 1.88. The van der Waals surface area contributed by atoms with E-state index in [4.69, 9.17) is 4.74 Å². The lowest BCUT2D eigenvalue weighted by molar-refractivity contribution is -0.145. The van der Waals surface area contributed by atoms with Gasteiger partial charge in [0.1, 0.15) is 11.8 Å². The predicted molar refractivity (Wildman–Crippen MR) is 109 cm³/mol. The molecule has 5 heteroatoms. The van der Waals surface area contributed by atoms with Gasteiger partial charge >= 0.3 is 5.97 Å². The molecule has 1 aliphatic heterocycles. The van der Waals surface area contributed by atoms with Gasteiger partial charge in [-0.2, -0.15) is 0 Å². The monoisotopic (exact) mass is 376 g/mol. The van der Waals surface area contributed by atoms with Crippen molar-refractivity contribution < 1.29 is 14.6 Å². The molecule has 1 aliphatic rings. The van der Waals surface area contributed by atoms with Crippen molar-refractivity contribution in [3.63, 3.8) is 0 Å². The van der Waals surface area contributed by atoms with Crippen molar-refractivity contribution in [2.45, 2.75) is 31.3 Å². The third-order valence-corrected chi connectivity index (χ3v) is 5.57. The fourth-order valence-electron chi connectivity index (χ4n) is 4.24. The molecule has 2 heterocycles. The number of hydrogen-bond donors (Lipinski definition) is 1. The smallest absolute Gasteiger partial charge is 0.320 e. The highest BCUT2D eigenvalue weighted by Crippen LogP contribution is 2.39. The Hall–Kier alpha value is -2.92. The summed E-state index contributed by atoms with van der Waals surface area (Å²) in [6.45, 7) is 0.744. The van der Waals surface area contributed by atoms with Crippen LogP contribution < -0.4 is 4.74 Å². The van der Waals surface area contributed by atoms with Crippen molar-refractivity contribution in [2.24, 2.45) is 0 Å². The molecule has 144 valence electrons. The van der Waals surface area contributed by atoms with Gasteiger partial charge in [-0.05, 0) is 48.5 Å². The molecule has 1 N–H and O–H groups in total. The molecule has 0 saturated carbocycles. The Bertz CT molecular complexity index is 988. The Morgan fingerprint density at radius 3 is 2.86 bits per heavy atom.